The van der Waals surface area contributed by atoms with Crippen molar-refractivity contribution < 1.29 is 38.1 Å². The molecule has 0 spiro atoms. The van der Waals surface area contributed by atoms with Crippen molar-refractivity contribution in [1.29, 1.82) is 0 Å². The van der Waals surface area contributed by atoms with E-state index in [0.29, 0.717) is 48.4 Å². The molecule has 4 fully saturated rings. The van der Waals surface area contributed by atoms with Gasteiger partial charge in [0.05, 0.1) is 25.0 Å². The third kappa shape index (κ3) is 12.8. The quantitative estimate of drug-likeness (QED) is 0.0705. The Bertz CT molecular complexity index is 1380. The lowest BCUT2D eigenvalue weighted by atomic mass is 9.68. The Morgan fingerprint density at radius 3 is 1.34 bits per heavy atom. The van der Waals surface area contributed by atoms with Crippen LogP contribution < -0.4 is 9.47 Å². The largest absolute Gasteiger partial charge is 0.463 e. The van der Waals surface area contributed by atoms with Crippen molar-refractivity contribution in [3.63, 3.8) is 0 Å². The summed E-state index contributed by atoms with van der Waals surface area (Å²) in [6, 6.07) is 5.27. The summed E-state index contributed by atoms with van der Waals surface area (Å²) in [5, 5.41) is 0. The molecule has 4 aliphatic rings. The van der Waals surface area contributed by atoms with Crippen molar-refractivity contribution >= 4 is 39.8 Å². The fourth-order valence-electron chi connectivity index (χ4n) is 9.79. The highest BCUT2D eigenvalue weighted by molar-refractivity contribution is 9.10. The minimum atomic E-state index is -0.345. The first-order valence-corrected chi connectivity index (χ1v) is 21.3. The third-order valence-corrected chi connectivity index (χ3v) is 13.5. The summed E-state index contributed by atoms with van der Waals surface area (Å²) in [5.41, 5.74) is 0. The predicted octanol–water partition coefficient (Wildman–Crippen LogP) is 10.5. The van der Waals surface area contributed by atoms with Crippen LogP contribution in [0.5, 0.6) is 11.5 Å². The zero-order chi connectivity index (χ0) is 37.6. The summed E-state index contributed by atoms with van der Waals surface area (Å²) in [7, 11) is 0. The molecule has 4 aliphatic carbocycles. The molecule has 0 N–H and O–H groups in total. The Hall–Kier alpha value is -2.94. The van der Waals surface area contributed by atoms with Crippen LogP contribution >= 0.6 is 15.9 Å². The molecule has 4 saturated carbocycles. The standard InChI is InChI=1S/C44H61BrO8/c1-3-41(46)50-27-5-7-30-9-13-32(14-10-30)34-17-21-36(22-18-34)43(48)52-39-26-25-38(45)29-40(39)53-44(49)37-23-19-35(20-24-37)33-15-11-31(12-16-33)8-6-28-51-42(47)4-2/h3-4,25-26,29-37H,1-2,5-24,27-28H2. The van der Waals surface area contributed by atoms with Crippen LogP contribution in [0.25, 0.3) is 0 Å². The Kier molecular flexibility index (Phi) is 16.5. The molecule has 292 valence electrons. The first-order valence-electron chi connectivity index (χ1n) is 20.5. The highest BCUT2D eigenvalue weighted by atomic mass is 79.9. The van der Waals surface area contributed by atoms with Crippen LogP contribution in [0, 0.1) is 47.3 Å². The number of hydrogen-bond donors (Lipinski definition) is 0. The second kappa shape index (κ2) is 21.2. The van der Waals surface area contributed by atoms with Gasteiger partial charge in [-0.05, 0) is 156 Å². The molecule has 8 nitrogen and oxygen atoms in total. The molecular formula is C44H61BrO8. The SMILES string of the molecule is C=CC(=O)OCCCC1CCC(C2CCC(C(=O)Oc3ccc(Br)cc3OC(=O)C3CCC(C4CCC(CCCOC(=O)C=C)CC4)CC3)CC2)CC1. The van der Waals surface area contributed by atoms with Crippen LogP contribution in [0.15, 0.2) is 48.0 Å². The van der Waals surface area contributed by atoms with Gasteiger partial charge in [-0.2, -0.15) is 0 Å². The topological polar surface area (TPSA) is 105 Å². The number of halogens is 1. The molecule has 0 atom stereocenters. The number of hydrogen-bond acceptors (Lipinski definition) is 8. The van der Waals surface area contributed by atoms with E-state index in [0.717, 1.165) is 93.4 Å². The zero-order valence-corrected chi connectivity index (χ0v) is 33.2. The normalized spacial score (nSPS) is 28.9. The van der Waals surface area contributed by atoms with E-state index in [-0.39, 0.29) is 35.7 Å². The molecular weight excluding hydrogens is 736 g/mol. The van der Waals surface area contributed by atoms with E-state index >= 15 is 0 Å². The van der Waals surface area contributed by atoms with E-state index in [4.69, 9.17) is 18.9 Å². The van der Waals surface area contributed by atoms with Crippen LogP contribution in [0.1, 0.15) is 128 Å². The lowest BCUT2D eigenvalue weighted by molar-refractivity contribution is -0.143. The van der Waals surface area contributed by atoms with Gasteiger partial charge >= 0.3 is 23.9 Å². The van der Waals surface area contributed by atoms with Crippen molar-refractivity contribution in [2.24, 2.45) is 47.3 Å². The second-order valence-corrected chi connectivity index (χ2v) is 17.2. The van der Waals surface area contributed by atoms with Crippen LogP contribution in [0.4, 0.5) is 0 Å². The van der Waals surface area contributed by atoms with Gasteiger partial charge < -0.3 is 18.9 Å². The summed E-state index contributed by atoms with van der Waals surface area (Å²) in [4.78, 5) is 49.3. The first kappa shape index (κ1) is 41.2. The fourth-order valence-corrected chi connectivity index (χ4v) is 10.1. The minimum absolute atomic E-state index is 0.138. The van der Waals surface area contributed by atoms with Gasteiger partial charge in [0, 0.05) is 16.6 Å². The fraction of sp³-hybridized carbons (Fsp3) is 0.682. The van der Waals surface area contributed by atoms with Gasteiger partial charge in [0.2, 0.25) is 0 Å². The van der Waals surface area contributed by atoms with Gasteiger partial charge in [-0.25, -0.2) is 9.59 Å². The molecule has 1 aromatic rings. The zero-order valence-electron chi connectivity index (χ0n) is 31.6. The summed E-state index contributed by atoms with van der Waals surface area (Å²) in [6.45, 7) is 7.83. The molecule has 0 aliphatic heterocycles. The van der Waals surface area contributed by atoms with Gasteiger partial charge in [0.15, 0.2) is 11.5 Å². The van der Waals surface area contributed by atoms with E-state index in [1.807, 2.05) is 6.07 Å². The maximum absolute atomic E-state index is 13.4. The maximum atomic E-state index is 13.4. The lowest BCUT2D eigenvalue weighted by Crippen LogP contribution is -2.31. The monoisotopic (exact) mass is 796 g/mol. The molecule has 9 heteroatoms. The average molecular weight is 798 g/mol. The molecule has 0 amide bonds. The van der Waals surface area contributed by atoms with Crippen LogP contribution in [0.3, 0.4) is 0 Å². The van der Waals surface area contributed by atoms with E-state index < -0.39 is 0 Å². The Labute approximate surface area is 325 Å². The lowest BCUT2D eigenvalue weighted by Gasteiger charge is -2.37. The second-order valence-electron chi connectivity index (χ2n) is 16.2. The van der Waals surface area contributed by atoms with Crippen LogP contribution in [-0.4, -0.2) is 37.1 Å². The van der Waals surface area contributed by atoms with Gasteiger partial charge in [0.1, 0.15) is 0 Å². The van der Waals surface area contributed by atoms with Crippen molar-refractivity contribution in [3.8, 4) is 11.5 Å². The molecule has 0 heterocycles. The predicted molar refractivity (Wildman–Crippen MR) is 208 cm³/mol. The summed E-state index contributed by atoms with van der Waals surface area (Å²) in [6.07, 6.45) is 23.9. The van der Waals surface area contributed by atoms with E-state index in [9.17, 15) is 19.2 Å². The average Bonchev–Trinajstić information content (AvgIpc) is 3.19. The highest BCUT2D eigenvalue weighted by Gasteiger charge is 2.36. The maximum Gasteiger partial charge on any atom is 0.330 e. The summed E-state index contributed by atoms with van der Waals surface area (Å²) < 4.78 is 22.9. The van der Waals surface area contributed by atoms with E-state index in [2.05, 4.69) is 29.1 Å². The van der Waals surface area contributed by atoms with Gasteiger partial charge in [0.25, 0.3) is 0 Å². The smallest absolute Gasteiger partial charge is 0.330 e. The minimum Gasteiger partial charge on any atom is -0.463 e. The molecule has 0 radical (unpaired) electrons. The Morgan fingerprint density at radius 1 is 0.566 bits per heavy atom. The molecule has 0 bridgehead atoms. The van der Waals surface area contributed by atoms with E-state index in [1.165, 1.54) is 63.5 Å². The van der Waals surface area contributed by atoms with Crippen molar-refractivity contribution in [3.05, 3.63) is 48.0 Å². The number of rotatable bonds is 16. The third-order valence-electron chi connectivity index (χ3n) is 13.0. The van der Waals surface area contributed by atoms with Gasteiger partial charge in [-0.1, -0.05) is 54.8 Å². The van der Waals surface area contributed by atoms with Gasteiger partial charge in [-0.15, -0.1) is 0 Å². The summed E-state index contributed by atoms with van der Waals surface area (Å²) in [5.74, 6) is 3.38. The highest BCUT2D eigenvalue weighted by Crippen LogP contribution is 2.45. The number of carbonyl (C=O) groups excluding carboxylic acids is 4. The first-order chi connectivity index (χ1) is 25.7. The van der Waals surface area contributed by atoms with Crippen molar-refractivity contribution in [2.75, 3.05) is 13.2 Å². The van der Waals surface area contributed by atoms with Gasteiger partial charge in [-0.3, -0.25) is 9.59 Å². The molecule has 0 unspecified atom stereocenters. The Balaban J connectivity index is 0.998. The van der Waals surface area contributed by atoms with Crippen LogP contribution in [0.2, 0.25) is 0 Å². The molecule has 0 aromatic heterocycles. The number of carbonyl (C=O) groups is 4. The molecule has 5 rings (SSSR count). The molecule has 53 heavy (non-hydrogen) atoms. The van der Waals surface area contributed by atoms with Crippen LogP contribution in [-0.2, 0) is 28.7 Å². The van der Waals surface area contributed by atoms with Crippen molar-refractivity contribution in [2.45, 2.75) is 128 Å². The molecule has 0 saturated heterocycles. The number of esters is 4. The van der Waals surface area contributed by atoms with Crippen molar-refractivity contribution in [1.82, 2.24) is 0 Å². The summed E-state index contributed by atoms with van der Waals surface area (Å²) >= 11 is 3.50. The number of benzene rings is 1. The molecule has 1 aromatic carbocycles. The number of ether oxygens (including phenoxy) is 4. The van der Waals surface area contributed by atoms with E-state index in [1.54, 1.807) is 12.1 Å². The Morgan fingerprint density at radius 2 is 0.943 bits per heavy atom.